The van der Waals surface area contributed by atoms with E-state index in [2.05, 4.69) is 5.32 Å². The topological polar surface area (TPSA) is 110 Å². The molecule has 1 fully saturated rings. The van der Waals surface area contributed by atoms with Crippen LogP contribution in [-0.2, 0) is 24.2 Å². The predicted molar refractivity (Wildman–Crippen MR) is 104 cm³/mol. The van der Waals surface area contributed by atoms with Crippen molar-refractivity contribution in [2.75, 3.05) is 25.1 Å². The number of sulfone groups is 1. The predicted octanol–water partition coefficient (Wildman–Crippen LogP) is 1.04. The van der Waals surface area contributed by atoms with Crippen molar-refractivity contribution in [3.05, 3.63) is 34.9 Å². The molecule has 1 aromatic rings. The maximum Gasteiger partial charge on any atom is 0.308 e. The fraction of sp³-hybridized carbons (Fsp3) is 0.500. The van der Waals surface area contributed by atoms with Crippen molar-refractivity contribution >= 4 is 39.2 Å². The third-order valence-corrected chi connectivity index (χ3v) is 6.48. The highest BCUT2D eigenvalue weighted by Crippen LogP contribution is 2.17. The highest BCUT2D eigenvalue weighted by atomic mass is 35.5. The van der Waals surface area contributed by atoms with Gasteiger partial charge >= 0.3 is 5.97 Å². The Labute approximate surface area is 169 Å². The zero-order chi connectivity index (χ0) is 20.9. The summed E-state index contributed by atoms with van der Waals surface area (Å²) in [6.45, 7) is 1.49. The molecule has 2 amide bonds. The van der Waals surface area contributed by atoms with Crippen LogP contribution in [0.15, 0.2) is 24.3 Å². The van der Waals surface area contributed by atoms with Crippen LogP contribution in [0, 0.1) is 0 Å². The van der Waals surface area contributed by atoms with Crippen LogP contribution in [0.25, 0.3) is 0 Å². The molecule has 2 rings (SSSR count). The van der Waals surface area contributed by atoms with Crippen molar-refractivity contribution in [2.45, 2.75) is 31.9 Å². The van der Waals surface area contributed by atoms with E-state index in [1.54, 1.807) is 24.3 Å². The Morgan fingerprint density at radius 1 is 1.29 bits per heavy atom. The lowest BCUT2D eigenvalue weighted by Gasteiger charge is -2.26. The quantitative estimate of drug-likeness (QED) is 0.647. The van der Waals surface area contributed by atoms with Gasteiger partial charge in [-0.25, -0.2) is 8.42 Å². The second-order valence-corrected chi connectivity index (χ2v) is 9.32. The average molecular weight is 431 g/mol. The van der Waals surface area contributed by atoms with Crippen molar-refractivity contribution in [1.82, 2.24) is 10.2 Å². The summed E-state index contributed by atoms with van der Waals surface area (Å²) >= 11 is 5.76. The number of hydrogen-bond acceptors (Lipinski definition) is 6. The molecule has 0 aromatic heterocycles. The second kappa shape index (κ2) is 9.38. The third-order valence-electron chi connectivity index (χ3n) is 4.48. The number of ether oxygens (including phenoxy) is 1. The molecule has 1 aliphatic heterocycles. The Bertz CT molecular complexity index is 840. The van der Waals surface area contributed by atoms with Gasteiger partial charge < -0.3 is 15.0 Å². The molecule has 8 nitrogen and oxygen atoms in total. The summed E-state index contributed by atoms with van der Waals surface area (Å²) in [7, 11) is -1.61. The van der Waals surface area contributed by atoms with Gasteiger partial charge in [0.25, 0.3) is 11.8 Å². The number of carbonyl (C=O) groups is 3. The summed E-state index contributed by atoms with van der Waals surface area (Å²) < 4.78 is 28.2. The largest absolute Gasteiger partial charge is 0.452 e. The normalized spacial score (nSPS) is 18.9. The van der Waals surface area contributed by atoms with Crippen LogP contribution < -0.4 is 5.32 Å². The van der Waals surface area contributed by atoms with Gasteiger partial charge in [-0.2, -0.15) is 0 Å². The summed E-state index contributed by atoms with van der Waals surface area (Å²) in [5.41, 5.74) is 0.412. The number of nitrogens with zero attached hydrogens (tertiary/aromatic N) is 1. The molecule has 0 bridgehead atoms. The molecule has 0 spiro atoms. The van der Waals surface area contributed by atoms with Crippen LogP contribution in [0.1, 0.15) is 30.1 Å². The molecule has 10 heteroatoms. The van der Waals surface area contributed by atoms with E-state index in [-0.39, 0.29) is 30.4 Å². The number of esters is 1. The number of hydrogen-bond donors (Lipinski definition) is 1. The fourth-order valence-electron chi connectivity index (χ4n) is 2.84. The standard InChI is InChI=1S/C18H23ClN2O6S/c1-12(18(24)21(2)15-8-10-28(25,26)11-15)27-16(22)7-9-20-17(23)13-3-5-14(19)6-4-13/h3-6,12,15H,7-11H2,1-2H3,(H,20,23)/t12-,15+/m0/s1. The SMILES string of the molecule is C[C@H](OC(=O)CCNC(=O)c1ccc(Cl)cc1)C(=O)N(C)[C@@H]1CCS(=O)(=O)C1. The van der Waals surface area contributed by atoms with Crippen LogP contribution in [0.4, 0.5) is 0 Å². The molecule has 0 saturated carbocycles. The molecule has 28 heavy (non-hydrogen) atoms. The van der Waals surface area contributed by atoms with Crippen LogP contribution in [0.5, 0.6) is 0 Å². The lowest BCUT2D eigenvalue weighted by Crippen LogP contribution is -2.44. The molecule has 2 atom stereocenters. The molecule has 0 radical (unpaired) electrons. The maximum absolute atomic E-state index is 12.3. The number of likely N-dealkylation sites (N-methyl/N-ethyl adjacent to an activating group) is 1. The lowest BCUT2D eigenvalue weighted by molar-refractivity contribution is -0.159. The summed E-state index contributed by atoms with van der Waals surface area (Å²) in [5, 5.41) is 3.10. The van der Waals surface area contributed by atoms with Crippen LogP contribution >= 0.6 is 11.6 Å². The molecule has 0 unspecified atom stereocenters. The first-order chi connectivity index (χ1) is 13.1. The molecule has 154 valence electrons. The zero-order valence-corrected chi connectivity index (χ0v) is 17.3. The van der Waals surface area contributed by atoms with Gasteiger partial charge in [-0.15, -0.1) is 0 Å². The number of carbonyl (C=O) groups excluding carboxylic acids is 3. The third kappa shape index (κ3) is 6.20. The van der Waals surface area contributed by atoms with E-state index in [0.717, 1.165) is 0 Å². The maximum atomic E-state index is 12.3. The highest BCUT2D eigenvalue weighted by Gasteiger charge is 2.34. The van der Waals surface area contributed by atoms with Gasteiger partial charge in [0.1, 0.15) is 0 Å². The lowest BCUT2D eigenvalue weighted by atomic mass is 10.2. The summed E-state index contributed by atoms with van der Waals surface area (Å²) in [4.78, 5) is 37.5. The number of nitrogens with one attached hydrogen (secondary N) is 1. The molecule has 1 saturated heterocycles. The van der Waals surface area contributed by atoms with Crippen LogP contribution in [0.2, 0.25) is 5.02 Å². The van der Waals surface area contributed by atoms with Gasteiger partial charge in [0, 0.05) is 30.2 Å². The molecular formula is C18H23ClN2O6S. The fourth-order valence-corrected chi connectivity index (χ4v) is 4.74. The Hall–Kier alpha value is -2.13. The Morgan fingerprint density at radius 2 is 1.93 bits per heavy atom. The van der Waals surface area contributed by atoms with Crippen LogP contribution in [0.3, 0.4) is 0 Å². The Morgan fingerprint density at radius 3 is 2.50 bits per heavy atom. The minimum absolute atomic E-state index is 0.0524. The molecule has 0 aliphatic carbocycles. The molecule has 1 aliphatic rings. The van der Waals surface area contributed by atoms with Crippen molar-refractivity contribution < 1.29 is 27.5 Å². The van der Waals surface area contributed by atoms with Crippen molar-refractivity contribution in [1.29, 1.82) is 0 Å². The number of amides is 2. The average Bonchev–Trinajstić information content (AvgIpc) is 3.00. The molecular weight excluding hydrogens is 408 g/mol. The molecule has 1 N–H and O–H groups in total. The number of rotatable bonds is 7. The van der Waals surface area contributed by atoms with Gasteiger partial charge in [0.2, 0.25) is 0 Å². The minimum atomic E-state index is -3.12. The van der Waals surface area contributed by atoms with E-state index >= 15 is 0 Å². The molecule has 1 heterocycles. The first kappa shape index (κ1) is 22.2. The van der Waals surface area contributed by atoms with Gasteiger partial charge in [0.05, 0.1) is 17.9 Å². The first-order valence-electron chi connectivity index (χ1n) is 8.79. The van der Waals surface area contributed by atoms with Gasteiger partial charge in [-0.1, -0.05) is 11.6 Å². The van der Waals surface area contributed by atoms with E-state index in [1.807, 2.05) is 0 Å². The summed E-state index contributed by atoms with van der Waals surface area (Å²) in [6, 6.07) is 5.90. The Kier molecular flexibility index (Phi) is 7.42. The van der Waals surface area contributed by atoms with Crippen LogP contribution in [-0.4, -0.2) is 68.3 Å². The van der Waals surface area contributed by atoms with Gasteiger partial charge in [-0.3, -0.25) is 14.4 Å². The number of halogens is 1. The van der Waals surface area contributed by atoms with E-state index in [9.17, 15) is 22.8 Å². The summed E-state index contributed by atoms with van der Waals surface area (Å²) in [5.74, 6) is -1.47. The van der Waals surface area contributed by atoms with E-state index in [1.165, 1.54) is 18.9 Å². The first-order valence-corrected chi connectivity index (χ1v) is 11.0. The van der Waals surface area contributed by atoms with Crippen molar-refractivity contribution in [3.8, 4) is 0 Å². The Balaban J connectivity index is 1.75. The smallest absolute Gasteiger partial charge is 0.308 e. The number of benzene rings is 1. The van der Waals surface area contributed by atoms with Crippen molar-refractivity contribution in [3.63, 3.8) is 0 Å². The van der Waals surface area contributed by atoms with E-state index in [0.29, 0.717) is 17.0 Å². The monoisotopic (exact) mass is 430 g/mol. The molecule has 1 aromatic carbocycles. The van der Waals surface area contributed by atoms with Crippen molar-refractivity contribution in [2.24, 2.45) is 0 Å². The van der Waals surface area contributed by atoms with Gasteiger partial charge in [0.15, 0.2) is 15.9 Å². The highest BCUT2D eigenvalue weighted by molar-refractivity contribution is 7.91. The van der Waals surface area contributed by atoms with Gasteiger partial charge in [-0.05, 0) is 37.6 Å². The zero-order valence-electron chi connectivity index (χ0n) is 15.7. The second-order valence-electron chi connectivity index (χ2n) is 6.65. The summed E-state index contributed by atoms with van der Waals surface area (Å²) in [6.07, 6.45) is -0.756. The minimum Gasteiger partial charge on any atom is -0.452 e. The van der Waals surface area contributed by atoms with E-state index < -0.39 is 33.9 Å². The van der Waals surface area contributed by atoms with E-state index in [4.69, 9.17) is 16.3 Å².